The minimum absolute atomic E-state index is 0.468. The number of unbranched alkanes of at least 4 members (excludes halogenated alkanes) is 1. The number of rotatable bonds is 5. The van der Waals surface area contributed by atoms with Crippen LogP contribution in [0.2, 0.25) is 0 Å². The maximum atomic E-state index is 5.44. The van der Waals surface area contributed by atoms with Crippen molar-refractivity contribution in [3.63, 3.8) is 0 Å². The van der Waals surface area contributed by atoms with Gasteiger partial charge in [-0.05, 0) is 36.8 Å². The van der Waals surface area contributed by atoms with Crippen LogP contribution in [-0.2, 0) is 0 Å². The highest BCUT2D eigenvalue weighted by molar-refractivity contribution is 5.17. The maximum Gasteiger partial charge on any atom is 0.0181 e. The van der Waals surface area contributed by atoms with E-state index >= 15 is 0 Å². The highest BCUT2D eigenvalue weighted by Crippen LogP contribution is 2.62. The molecule has 0 aliphatic heterocycles. The molecule has 1 rings (SSSR count). The van der Waals surface area contributed by atoms with E-state index in [1.165, 1.54) is 6.42 Å². The smallest absolute Gasteiger partial charge is 0.0181 e. The molecule has 0 unspecified atom stereocenters. The van der Waals surface area contributed by atoms with Crippen molar-refractivity contribution in [3.8, 4) is 0 Å². The van der Waals surface area contributed by atoms with Crippen molar-refractivity contribution in [2.75, 3.05) is 13.1 Å². The van der Waals surface area contributed by atoms with Crippen LogP contribution in [0.5, 0.6) is 0 Å². The minimum atomic E-state index is 0.468. The molecule has 1 aliphatic carbocycles. The average molecular weight is 184 g/mol. The Bertz CT molecular complexity index is 159. The van der Waals surface area contributed by atoms with Gasteiger partial charge in [-0.25, -0.2) is 0 Å². The molecule has 0 atom stereocenters. The van der Waals surface area contributed by atoms with Crippen molar-refractivity contribution in [1.29, 1.82) is 0 Å². The van der Waals surface area contributed by atoms with Crippen LogP contribution >= 0.6 is 0 Å². The van der Waals surface area contributed by atoms with Crippen LogP contribution in [0.15, 0.2) is 0 Å². The monoisotopic (exact) mass is 184 g/mol. The molecule has 0 spiro atoms. The van der Waals surface area contributed by atoms with E-state index in [0.29, 0.717) is 16.9 Å². The molecule has 0 amide bonds. The zero-order chi connectivity index (χ0) is 10.1. The van der Waals surface area contributed by atoms with Crippen LogP contribution in [0.4, 0.5) is 0 Å². The lowest BCUT2D eigenvalue weighted by molar-refractivity contribution is 0.457. The largest absolute Gasteiger partial charge is 0.330 e. The Labute approximate surface area is 82.3 Å². The SMILES string of the molecule is CC1(C)C(NCCCCN)C1(C)C. The summed E-state index contributed by atoms with van der Waals surface area (Å²) in [5, 5.41) is 3.62. The minimum Gasteiger partial charge on any atom is -0.330 e. The number of hydrogen-bond acceptors (Lipinski definition) is 2. The Morgan fingerprint density at radius 2 is 1.62 bits per heavy atom. The van der Waals surface area contributed by atoms with Crippen LogP contribution in [-0.4, -0.2) is 19.1 Å². The van der Waals surface area contributed by atoms with Gasteiger partial charge >= 0.3 is 0 Å². The normalized spacial score (nSPS) is 24.7. The third kappa shape index (κ3) is 1.89. The third-order valence-corrected chi connectivity index (χ3v) is 4.00. The molecule has 3 N–H and O–H groups in total. The van der Waals surface area contributed by atoms with E-state index in [0.717, 1.165) is 19.5 Å². The first-order valence-electron chi connectivity index (χ1n) is 5.38. The number of hydrogen-bond donors (Lipinski definition) is 2. The van der Waals surface area contributed by atoms with E-state index in [-0.39, 0.29) is 0 Å². The number of nitrogens with one attached hydrogen (secondary N) is 1. The van der Waals surface area contributed by atoms with E-state index < -0.39 is 0 Å². The molecule has 0 aromatic heterocycles. The summed E-state index contributed by atoms with van der Waals surface area (Å²) < 4.78 is 0. The lowest BCUT2D eigenvalue weighted by Crippen LogP contribution is -2.23. The van der Waals surface area contributed by atoms with Gasteiger partial charge < -0.3 is 11.1 Å². The van der Waals surface area contributed by atoms with Gasteiger partial charge in [-0.3, -0.25) is 0 Å². The van der Waals surface area contributed by atoms with Crippen LogP contribution in [0.25, 0.3) is 0 Å². The van der Waals surface area contributed by atoms with Crippen LogP contribution in [0.1, 0.15) is 40.5 Å². The first-order valence-corrected chi connectivity index (χ1v) is 5.38. The second-order valence-corrected chi connectivity index (χ2v) is 5.33. The lowest BCUT2D eigenvalue weighted by Gasteiger charge is -2.05. The summed E-state index contributed by atoms with van der Waals surface area (Å²) >= 11 is 0. The molecule has 2 nitrogen and oxygen atoms in total. The van der Waals surface area contributed by atoms with Gasteiger partial charge in [-0.15, -0.1) is 0 Å². The van der Waals surface area contributed by atoms with Crippen molar-refractivity contribution in [1.82, 2.24) is 5.32 Å². The Kier molecular flexibility index (Phi) is 3.03. The molecule has 1 saturated carbocycles. The van der Waals surface area contributed by atoms with Gasteiger partial charge in [0.2, 0.25) is 0 Å². The van der Waals surface area contributed by atoms with Gasteiger partial charge in [0.25, 0.3) is 0 Å². The van der Waals surface area contributed by atoms with E-state index in [1.54, 1.807) is 0 Å². The molecule has 13 heavy (non-hydrogen) atoms. The van der Waals surface area contributed by atoms with Crippen LogP contribution in [0, 0.1) is 10.8 Å². The van der Waals surface area contributed by atoms with Gasteiger partial charge in [0.05, 0.1) is 0 Å². The summed E-state index contributed by atoms with van der Waals surface area (Å²) in [6, 6.07) is 0.692. The Hall–Kier alpha value is -0.0800. The topological polar surface area (TPSA) is 38.0 Å². The molecule has 0 heterocycles. The van der Waals surface area contributed by atoms with Crippen LogP contribution in [0.3, 0.4) is 0 Å². The third-order valence-electron chi connectivity index (χ3n) is 4.00. The van der Waals surface area contributed by atoms with E-state index in [2.05, 4.69) is 33.0 Å². The van der Waals surface area contributed by atoms with Gasteiger partial charge in [0.1, 0.15) is 0 Å². The summed E-state index contributed by atoms with van der Waals surface area (Å²) in [4.78, 5) is 0. The quantitative estimate of drug-likeness (QED) is 0.639. The summed E-state index contributed by atoms with van der Waals surface area (Å²) in [6.07, 6.45) is 2.35. The predicted octanol–water partition coefficient (Wildman–Crippen LogP) is 1.75. The summed E-state index contributed by atoms with van der Waals surface area (Å²) in [6.45, 7) is 11.3. The summed E-state index contributed by atoms with van der Waals surface area (Å²) in [5.41, 5.74) is 6.38. The highest BCUT2D eigenvalue weighted by Gasteiger charge is 2.64. The van der Waals surface area contributed by atoms with Gasteiger partial charge in [0, 0.05) is 6.04 Å². The molecular weight excluding hydrogens is 160 g/mol. The zero-order valence-electron chi connectivity index (χ0n) is 9.48. The van der Waals surface area contributed by atoms with Crippen molar-refractivity contribution in [3.05, 3.63) is 0 Å². The Morgan fingerprint density at radius 3 is 2.00 bits per heavy atom. The molecule has 0 saturated heterocycles. The lowest BCUT2D eigenvalue weighted by atomic mass is 10.0. The molecule has 1 aliphatic rings. The molecule has 0 aromatic carbocycles. The molecule has 0 aromatic rings. The summed E-state index contributed by atoms with van der Waals surface area (Å²) in [7, 11) is 0. The molecule has 1 fully saturated rings. The van der Waals surface area contributed by atoms with Gasteiger partial charge in [-0.2, -0.15) is 0 Å². The average Bonchev–Trinajstić information content (AvgIpc) is 2.39. The maximum absolute atomic E-state index is 5.44. The van der Waals surface area contributed by atoms with Gasteiger partial charge in [-0.1, -0.05) is 27.7 Å². The first-order chi connectivity index (χ1) is 5.94. The number of nitrogens with two attached hydrogens (primary N) is 1. The molecule has 2 heteroatoms. The molecule has 78 valence electrons. The van der Waals surface area contributed by atoms with Crippen molar-refractivity contribution in [2.24, 2.45) is 16.6 Å². The second kappa shape index (κ2) is 3.58. The highest BCUT2D eigenvalue weighted by atomic mass is 15.0. The van der Waals surface area contributed by atoms with Crippen molar-refractivity contribution in [2.45, 2.75) is 46.6 Å². The fourth-order valence-corrected chi connectivity index (χ4v) is 2.22. The second-order valence-electron chi connectivity index (χ2n) is 5.33. The van der Waals surface area contributed by atoms with E-state index in [9.17, 15) is 0 Å². The fourth-order valence-electron chi connectivity index (χ4n) is 2.22. The summed E-state index contributed by atoms with van der Waals surface area (Å²) in [5.74, 6) is 0. The molecule has 0 radical (unpaired) electrons. The Morgan fingerprint density at radius 1 is 1.08 bits per heavy atom. The standard InChI is InChI=1S/C11H24N2/c1-10(2)9(11(10,3)4)13-8-6-5-7-12/h9,13H,5-8,12H2,1-4H3. The van der Waals surface area contributed by atoms with Crippen molar-refractivity contribution < 1.29 is 0 Å². The first kappa shape index (κ1) is 11.0. The van der Waals surface area contributed by atoms with Gasteiger partial charge in [0.15, 0.2) is 0 Å². The zero-order valence-corrected chi connectivity index (χ0v) is 9.48. The Balaban J connectivity index is 2.19. The van der Waals surface area contributed by atoms with E-state index in [4.69, 9.17) is 5.73 Å². The van der Waals surface area contributed by atoms with Crippen LogP contribution < -0.4 is 11.1 Å². The van der Waals surface area contributed by atoms with Crippen molar-refractivity contribution >= 4 is 0 Å². The fraction of sp³-hybridized carbons (Fsp3) is 1.00. The van der Waals surface area contributed by atoms with E-state index in [1.807, 2.05) is 0 Å². The molecular formula is C11H24N2. The molecule has 0 bridgehead atoms. The predicted molar refractivity (Wildman–Crippen MR) is 57.6 cm³/mol.